The van der Waals surface area contributed by atoms with Crippen molar-refractivity contribution in [3.05, 3.63) is 0 Å². The van der Waals surface area contributed by atoms with Gasteiger partial charge in [-0.25, -0.2) is 12.7 Å². The fourth-order valence-electron chi connectivity index (χ4n) is 3.21. The van der Waals surface area contributed by atoms with Gasteiger partial charge in [-0.3, -0.25) is 4.79 Å². The number of nitrogens with zero attached hydrogens (tertiary/aromatic N) is 1. The monoisotopic (exact) mass is 318 g/mol. The summed E-state index contributed by atoms with van der Waals surface area (Å²) in [6, 6.07) is -0.186. The zero-order valence-electron chi connectivity index (χ0n) is 12.6. The van der Waals surface area contributed by atoms with Gasteiger partial charge in [0.2, 0.25) is 15.9 Å². The summed E-state index contributed by atoms with van der Waals surface area (Å²) >= 11 is 0. The predicted molar refractivity (Wildman–Crippen MR) is 80.2 cm³/mol. The van der Waals surface area contributed by atoms with Crippen LogP contribution in [0.25, 0.3) is 0 Å². The number of carbonyl (C=O) groups excluding carboxylic acids is 1. The van der Waals surface area contributed by atoms with Gasteiger partial charge in [0, 0.05) is 13.1 Å². The van der Waals surface area contributed by atoms with Crippen LogP contribution in [0.3, 0.4) is 0 Å². The molecule has 3 unspecified atom stereocenters. The second-order valence-electron chi connectivity index (χ2n) is 6.28. The summed E-state index contributed by atoms with van der Waals surface area (Å²) in [6.45, 7) is 0.752. The molecule has 1 aliphatic heterocycles. The molecule has 1 heterocycles. The lowest BCUT2D eigenvalue weighted by Gasteiger charge is -2.31. The van der Waals surface area contributed by atoms with Crippen LogP contribution < -0.4 is 5.32 Å². The van der Waals surface area contributed by atoms with Gasteiger partial charge in [0.05, 0.1) is 24.3 Å². The van der Waals surface area contributed by atoms with Gasteiger partial charge in [-0.1, -0.05) is 19.3 Å². The maximum atomic E-state index is 12.4. The minimum atomic E-state index is -3.24. The predicted octanol–water partition coefficient (Wildman–Crippen LogP) is 0.468. The first kappa shape index (κ1) is 16.7. The van der Waals surface area contributed by atoms with Crippen LogP contribution in [0, 0.1) is 5.92 Å². The molecule has 3 atom stereocenters. The highest BCUT2D eigenvalue weighted by atomic mass is 32.2. The normalized spacial score (nSPS) is 32.4. The molecule has 1 saturated carbocycles. The van der Waals surface area contributed by atoms with Gasteiger partial charge in [0.1, 0.15) is 0 Å². The van der Waals surface area contributed by atoms with E-state index in [1.165, 1.54) is 10.6 Å². The molecule has 0 aromatic heterocycles. The third-order valence-electron chi connectivity index (χ3n) is 4.53. The van der Waals surface area contributed by atoms with Gasteiger partial charge < -0.3 is 10.4 Å². The van der Waals surface area contributed by atoms with E-state index in [1.54, 1.807) is 0 Å². The molecular formula is C14H26N2O4S. The largest absolute Gasteiger partial charge is 0.391 e. The van der Waals surface area contributed by atoms with Gasteiger partial charge in [-0.2, -0.15) is 0 Å². The number of aliphatic hydroxyl groups excluding tert-OH is 1. The zero-order valence-corrected chi connectivity index (χ0v) is 13.4. The third kappa shape index (κ3) is 4.66. The average Bonchev–Trinajstić information content (AvgIpc) is 2.63. The van der Waals surface area contributed by atoms with E-state index in [1.807, 2.05) is 0 Å². The van der Waals surface area contributed by atoms with Gasteiger partial charge in [0.25, 0.3) is 0 Å². The van der Waals surface area contributed by atoms with Crippen molar-refractivity contribution in [2.45, 2.75) is 57.1 Å². The second-order valence-corrected chi connectivity index (χ2v) is 8.26. The van der Waals surface area contributed by atoms with E-state index in [-0.39, 0.29) is 24.4 Å². The highest BCUT2D eigenvalue weighted by Crippen LogP contribution is 2.21. The van der Waals surface area contributed by atoms with E-state index in [4.69, 9.17) is 0 Å². The average molecular weight is 318 g/mol. The Hall–Kier alpha value is -0.660. The van der Waals surface area contributed by atoms with Crippen molar-refractivity contribution < 1.29 is 18.3 Å². The molecule has 7 heteroatoms. The van der Waals surface area contributed by atoms with Crippen molar-refractivity contribution in [1.82, 2.24) is 9.62 Å². The van der Waals surface area contributed by atoms with Crippen molar-refractivity contribution in [2.75, 3.05) is 19.3 Å². The van der Waals surface area contributed by atoms with E-state index in [2.05, 4.69) is 5.32 Å². The summed E-state index contributed by atoms with van der Waals surface area (Å²) < 4.78 is 24.6. The summed E-state index contributed by atoms with van der Waals surface area (Å²) in [4.78, 5) is 12.4. The molecule has 2 aliphatic rings. The molecule has 0 aromatic carbocycles. The first-order valence-electron chi connectivity index (χ1n) is 7.81. The van der Waals surface area contributed by atoms with E-state index < -0.39 is 16.1 Å². The van der Waals surface area contributed by atoms with Crippen LogP contribution in [0.5, 0.6) is 0 Å². The van der Waals surface area contributed by atoms with Crippen molar-refractivity contribution in [3.63, 3.8) is 0 Å². The standard InChI is InChI=1S/C14H26N2O4S/c1-21(19,20)16-9-5-6-11(10-16)14(18)15-12-7-3-2-4-8-13(12)17/h11-13,17H,2-10H2,1H3,(H,15,18). The molecule has 2 rings (SSSR count). The van der Waals surface area contributed by atoms with Crippen molar-refractivity contribution in [3.8, 4) is 0 Å². The molecule has 2 fully saturated rings. The quantitative estimate of drug-likeness (QED) is 0.741. The molecule has 0 spiro atoms. The highest BCUT2D eigenvalue weighted by molar-refractivity contribution is 7.88. The Labute approximate surface area is 126 Å². The molecule has 122 valence electrons. The molecule has 6 nitrogen and oxygen atoms in total. The second kappa shape index (κ2) is 7.07. The lowest BCUT2D eigenvalue weighted by molar-refractivity contribution is -0.127. The van der Waals surface area contributed by atoms with E-state index in [0.717, 1.165) is 32.1 Å². The summed E-state index contributed by atoms with van der Waals surface area (Å²) in [5, 5.41) is 13.0. The Kier molecular flexibility index (Phi) is 5.62. The molecule has 1 saturated heterocycles. The van der Waals surface area contributed by atoms with Crippen LogP contribution in [0.4, 0.5) is 0 Å². The summed E-state index contributed by atoms with van der Waals surface area (Å²) in [5.41, 5.74) is 0. The van der Waals surface area contributed by atoms with E-state index in [0.29, 0.717) is 19.4 Å². The number of hydrogen-bond donors (Lipinski definition) is 2. The van der Waals surface area contributed by atoms with Crippen LogP contribution in [-0.4, -0.2) is 55.2 Å². The molecule has 1 aliphatic carbocycles. The Bertz CT molecular complexity index is 466. The molecule has 21 heavy (non-hydrogen) atoms. The SMILES string of the molecule is CS(=O)(=O)N1CCCC(C(=O)NC2CCCCCC2O)C1. The summed E-state index contributed by atoms with van der Waals surface area (Å²) in [5.74, 6) is -0.418. The number of carbonyl (C=O) groups is 1. The topological polar surface area (TPSA) is 86.7 Å². The Balaban J connectivity index is 1.93. The number of rotatable bonds is 3. The first-order valence-corrected chi connectivity index (χ1v) is 9.66. The molecule has 0 bridgehead atoms. The van der Waals surface area contributed by atoms with E-state index in [9.17, 15) is 18.3 Å². The van der Waals surface area contributed by atoms with Gasteiger partial charge in [-0.05, 0) is 25.7 Å². The summed E-state index contributed by atoms with van der Waals surface area (Å²) in [6.07, 6.45) is 6.75. The first-order chi connectivity index (χ1) is 9.88. The molecule has 0 radical (unpaired) electrons. The minimum Gasteiger partial charge on any atom is -0.391 e. The minimum absolute atomic E-state index is 0.116. The number of piperidine rings is 1. The van der Waals surface area contributed by atoms with Crippen LogP contribution in [0.15, 0.2) is 0 Å². The highest BCUT2D eigenvalue weighted by Gasteiger charge is 2.32. The fraction of sp³-hybridized carbons (Fsp3) is 0.929. The van der Waals surface area contributed by atoms with E-state index >= 15 is 0 Å². The third-order valence-corrected chi connectivity index (χ3v) is 5.80. The maximum absolute atomic E-state index is 12.4. The zero-order chi connectivity index (χ0) is 15.5. The van der Waals surface area contributed by atoms with Crippen LogP contribution in [0.2, 0.25) is 0 Å². The fourth-order valence-corrected chi connectivity index (χ4v) is 4.13. The maximum Gasteiger partial charge on any atom is 0.224 e. The Morgan fingerprint density at radius 3 is 2.57 bits per heavy atom. The smallest absolute Gasteiger partial charge is 0.224 e. The van der Waals surface area contributed by atoms with Crippen LogP contribution >= 0.6 is 0 Å². The molecule has 1 amide bonds. The number of aliphatic hydroxyl groups is 1. The molecule has 2 N–H and O–H groups in total. The Morgan fingerprint density at radius 2 is 1.86 bits per heavy atom. The molecular weight excluding hydrogens is 292 g/mol. The lowest BCUT2D eigenvalue weighted by atomic mass is 9.97. The number of hydrogen-bond acceptors (Lipinski definition) is 4. The van der Waals surface area contributed by atoms with Gasteiger partial charge >= 0.3 is 0 Å². The number of nitrogens with one attached hydrogen (secondary N) is 1. The molecule has 0 aromatic rings. The lowest BCUT2D eigenvalue weighted by Crippen LogP contribution is -2.49. The summed E-state index contributed by atoms with van der Waals surface area (Å²) in [7, 11) is -3.24. The van der Waals surface area contributed by atoms with Crippen molar-refractivity contribution in [2.24, 2.45) is 5.92 Å². The number of amides is 1. The van der Waals surface area contributed by atoms with Crippen LogP contribution in [-0.2, 0) is 14.8 Å². The van der Waals surface area contributed by atoms with Crippen molar-refractivity contribution in [1.29, 1.82) is 0 Å². The number of sulfonamides is 1. The Morgan fingerprint density at radius 1 is 1.14 bits per heavy atom. The van der Waals surface area contributed by atoms with Gasteiger partial charge in [0.15, 0.2) is 0 Å². The van der Waals surface area contributed by atoms with Crippen LogP contribution in [0.1, 0.15) is 44.9 Å². The van der Waals surface area contributed by atoms with Gasteiger partial charge in [-0.15, -0.1) is 0 Å². The van der Waals surface area contributed by atoms with Crippen molar-refractivity contribution >= 4 is 15.9 Å².